The van der Waals surface area contributed by atoms with Gasteiger partial charge in [0.2, 0.25) is 11.8 Å². The summed E-state index contributed by atoms with van der Waals surface area (Å²) in [7, 11) is -4.07. The molecule has 0 saturated carbocycles. The van der Waals surface area contributed by atoms with E-state index < -0.39 is 28.5 Å². The second-order valence-corrected chi connectivity index (χ2v) is 11.9. The molecule has 3 rings (SSSR count). The number of benzene rings is 3. The lowest BCUT2D eigenvalue weighted by Gasteiger charge is -2.32. The van der Waals surface area contributed by atoms with Crippen LogP contribution in [0.3, 0.4) is 0 Å². The monoisotopic (exact) mass is 535 g/mol. The van der Waals surface area contributed by atoms with Crippen molar-refractivity contribution in [3.63, 3.8) is 0 Å². The van der Waals surface area contributed by atoms with Crippen LogP contribution in [0.2, 0.25) is 0 Å². The van der Waals surface area contributed by atoms with Gasteiger partial charge in [0.15, 0.2) is 0 Å². The van der Waals surface area contributed by atoms with E-state index in [4.69, 9.17) is 0 Å². The molecule has 0 heterocycles. The van der Waals surface area contributed by atoms with Crippen molar-refractivity contribution in [3.8, 4) is 0 Å². The van der Waals surface area contributed by atoms with Gasteiger partial charge in [-0.15, -0.1) is 0 Å². The highest BCUT2D eigenvalue weighted by Gasteiger charge is 2.32. The molecule has 0 aromatic heterocycles. The number of rotatable bonds is 10. The first-order valence-electron chi connectivity index (χ1n) is 12.7. The summed E-state index contributed by atoms with van der Waals surface area (Å²) >= 11 is 0. The predicted octanol–water partition coefficient (Wildman–Crippen LogP) is 4.75. The Hall–Kier alpha value is -3.65. The molecule has 0 spiro atoms. The van der Waals surface area contributed by atoms with Crippen LogP contribution in [0.1, 0.15) is 43.0 Å². The summed E-state index contributed by atoms with van der Waals surface area (Å²) < 4.78 is 28.8. The van der Waals surface area contributed by atoms with Crippen LogP contribution in [-0.4, -0.2) is 43.8 Å². The van der Waals surface area contributed by atoms with Crippen molar-refractivity contribution >= 4 is 27.5 Å². The maximum atomic E-state index is 13.9. The van der Waals surface area contributed by atoms with E-state index in [0.29, 0.717) is 5.69 Å². The summed E-state index contributed by atoms with van der Waals surface area (Å²) in [5, 5.41) is 2.86. The maximum absolute atomic E-state index is 13.9. The Kier molecular flexibility index (Phi) is 9.33. The molecule has 1 atom stereocenters. The smallest absolute Gasteiger partial charge is 0.264 e. The number of carbonyl (C=O) groups is 2. The molecule has 0 aliphatic rings. The number of sulfonamides is 1. The molecule has 0 saturated heterocycles. The van der Waals surface area contributed by atoms with Crippen LogP contribution in [0.4, 0.5) is 5.69 Å². The van der Waals surface area contributed by atoms with Gasteiger partial charge < -0.3 is 10.2 Å². The lowest BCUT2D eigenvalue weighted by atomic mass is 10.1. The molecule has 3 aromatic rings. The van der Waals surface area contributed by atoms with Gasteiger partial charge in [-0.3, -0.25) is 13.9 Å². The van der Waals surface area contributed by atoms with Crippen LogP contribution < -0.4 is 9.62 Å². The third-order valence-electron chi connectivity index (χ3n) is 6.25. The van der Waals surface area contributed by atoms with E-state index in [9.17, 15) is 18.0 Å². The van der Waals surface area contributed by atoms with E-state index in [2.05, 4.69) is 5.32 Å². The average Bonchev–Trinajstić information content (AvgIpc) is 2.86. The Morgan fingerprint density at radius 3 is 1.95 bits per heavy atom. The van der Waals surface area contributed by atoms with E-state index in [1.165, 1.54) is 4.90 Å². The van der Waals surface area contributed by atoms with Gasteiger partial charge in [-0.2, -0.15) is 0 Å². The number of hydrogen-bond donors (Lipinski definition) is 1. The summed E-state index contributed by atoms with van der Waals surface area (Å²) in [4.78, 5) is 28.4. The van der Waals surface area contributed by atoms with Crippen LogP contribution in [0, 0.1) is 20.8 Å². The fourth-order valence-corrected chi connectivity index (χ4v) is 5.43. The molecule has 0 fully saturated rings. The molecular weight excluding hydrogens is 498 g/mol. The number of carbonyl (C=O) groups excluding carboxylic acids is 2. The number of nitrogens with one attached hydrogen (secondary N) is 1. The maximum Gasteiger partial charge on any atom is 0.264 e. The first-order valence-corrected chi connectivity index (χ1v) is 14.1. The topological polar surface area (TPSA) is 86.8 Å². The number of nitrogens with zero attached hydrogens (tertiary/aromatic N) is 2. The van der Waals surface area contributed by atoms with E-state index in [1.807, 2.05) is 65.0 Å². The minimum atomic E-state index is -4.07. The van der Waals surface area contributed by atoms with Gasteiger partial charge in [0.05, 0.1) is 10.6 Å². The average molecular weight is 536 g/mol. The summed E-state index contributed by atoms with van der Waals surface area (Å²) in [6, 6.07) is 20.4. The molecular formula is C30H37N3O4S. The minimum Gasteiger partial charge on any atom is -0.352 e. The zero-order valence-corrected chi connectivity index (χ0v) is 23.7. The molecule has 1 N–H and O–H groups in total. The second kappa shape index (κ2) is 12.3. The summed E-state index contributed by atoms with van der Waals surface area (Å²) in [6.45, 7) is 10.8. The summed E-state index contributed by atoms with van der Waals surface area (Å²) in [5.41, 5.74) is 4.09. The lowest BCUT2D eigenvalue weighted by molar-refractivity contribution is -0.139. The van der Waals surface area contributed by atoms with Crippen LogP contribution >= 0.6 is 0 Å². The van der Waals surface area contributed by atoms with Crippen molar-refractivity contribution in [2.75, 3.05) is 10.8 Å². The first-order chi connectivity index (χ1) is 17.9. The molecule has 0 bridgehead atoms. The molecule has 0 aliphatic carbocycles. The Bertz CT molecular complexity index is 1370. The van der Waals surface area contributed by atoms with Crippen molar-refractivity contribution in [1.82, 2.24) is 10.2 Å². The zero-order chi connectivity index (χ0) is 28.0. The number of anilines is 1. The SMILES string of the molecule is Cc1ccc(CN(C(=O)CN(c2cccc(C)c2)S(=O)(=O)c2ccc(C)cc2)[C@H](C)C(=O)NC(C)C)cc1. The van der Waals surface area contributed by atoms with Gasteiger partial charge in [0.1, 0.15) is 12.6 Å². The second-order valence-electron chi connectivity index (χ2n) is 10.0. The highest BCUT2D eigenvalue weighted by molar-refractivity contribution is 7.92. The molecule has 8 heteroatoms. The van der Waals surface area contributed by atoms with Crippen molar-refractivity contribution in [2.45, 2.75) is 65.1 Å². The Labute approximate surface area is 226 Å². The van der Waals surface area contributed by atoms with Gasteiger partial charge in [-0.25, -0.2) is 8.42 Å². The molecule has 38 heavy (non-hydrogen) atoms. The molecule has 0 unspecified atom stereocenters. The van der Waals surface area contributed by atoms with Gasteiger partial charge in [0, 0.05) is 12.6 Å². The van der Waals surface area contributed by atoms with Crippen LogP contribution in [-0.2, 0) is 26.2 Å². The number of amides is 2. The zero-order valence-electron chi connectivity index (χ0n) is 22.9. The largest absolute Gasteiger partial charge is 0.352 e. The highest BCUT2D eigenvalue weighted by atomic mass is 32.2. The molecule has 0 aliphatic heterocycles. The van der Waals surface area contributed by atoms with Crippen LogP contribution in [0.15, 0.2) is 77.7 Å². The summed E-state index contributed by atoms with van der Waals surface area (Å²) in [5.74, 6) is -0.780. The van der Waals surface area contributed by atoms with Crippen LogP contribution in [0.25, 0.3) is 0 Å². The third kappa shape index (κ3) is 7.22. The van der Waals surface area contributed by atoms with E-state index in [1.54, 1.807) is 49.4 Å². The van der Waals surface area contributed by atoms with Crippen molar-refractivity contribution < 1.29 is 18.0 Å². The predicted molar refractivity (Wildman–Crippen MR) is 151 cm³/mol. The third-order valence-corrected chi connectivity index (χ3v) is 8.04. The number of hydrogen-bond acceptors (Lipinski definition) is 4. The molecule has 2 amide bonds. The minimum absolute atomic E-state index is 0.0908. The normalized spacial score (nSPS) is 12.2. The van der Waals surface area contributed by atoms with Crippen molar-refractivity contribution in [2.24, 2.45) is 0 Å². The van der Waals surface area contributed by atoms with Gasteiger partial charge in [-0.05, 0) is 76.9 Å². The molecule has 0 radical (unpaired) electrons. The van der Waals surface area contributed by atoms with Crippen LogP contribution in [0.5, 0.6) is 0 Å². The van der Waals surface area contributed by atoms with Gasteiger partial charge in [0.25, 0.3) is 10.0 Å². The quantitative estimate of drug-likeness (QED) is 0.406. The van der Waals surface area contributed by atoms with Crippen molar-refractivity contribution in [3.05, 3.63) is 95.1 Å². The fourth-order valence-electron chi connectivity index (χ4n) is 4.03. The Morgan fingerprint density at radius 2 is 1.39 bits per heavy atom. The van der Waals surface area contributed by atoms with Gasteiger partial charge in [-0.1, -0.05) is 59.7 Å². The Balaban J connectivity index is 2.03. The Morgan fingerprint density at radius 1 is 0.816 bits per heavy atom. The number of aryl methyl sites for hydroxylation is 3. The fraction of sp³-hybridized carbons (Fsp3) is 0.333. The summed E-state index contributed by atoms with van der Waals surface area (Å²) in [6.07, 6.45) is 0. The standard InChI is InChI=1S/C30H37N3O4S/c1-21(2)31-30(35)25(6)32(19-26-14-10-22(3)11-15-26)29(34)20-33(27-9-7-8-24(5)18-27)38(36,37)28-16-12-23(4)13-17-28/h7-18,21,25H,19-20H2,1-6H3,(H,31,35)/t25-/m1/s1. The van der Waals surface area contributed by atoms with Gasteiger partial charge >= 0.3 is 0 Å². The van der Waals surface area contributed by atoms with E-state index in [0.717, 1.165) is 26.6 Å². The lowest BCUT2D eigenvalue weighted by Crippen LogP contribution is -2.52. The molecule has 3 aromatic carbocycles. The van der Waals surface area contributed by atoms with E-state index in [-0.39, 0.29) is 23.4 Å². The highest BCUT2D eigenvalue weighted by Crippen LogP contribution is 2.25. The van der Waals surface area contributed by atoms with E-state index >= 15 is 0 Å². The first kappa shape index (κ1) is 28.9. The molecule has 7 nitrogen and oxygen atoms in total. The molecule has 202 valence electrons. The van der Waals surface area contributed by atoms with Crippen molar-refractivity contribution in [1.29, 1.82) is 0 Å².